The zero-order valence-electron chi connectivity index (χ0n) is 12.4. The van der Waals surface area contributed by atoms with Crippen LogP contribution in [0.5, 0.6) is 5.75 Å². The molecule has 6 heteroatoms. The average Bonchev–Trinajstić information content (AvgIpc) is 2.49. The summed E-state index contributed by atoms with van der Waals surface area (Å²) in [4.78, 5) is 10.9. The molecule has 3 N–H and O–H groups in total. The van der Waals surface area contributed by atoms with Crippen LogP contribution in [0.4, 0.5) is 11.4 Å². The molecule has 0 bridgehead atoms. The number of rotatable bonds is 6. The van der Waals surface area contributed by atoms with Crippen molar-refractivity contribution in [3.63, 3.8) is 0 Å². The lowest BCUT2D eigenvalue weighted by Crippen LogP contribution is -2.36. The van der Waals surface area contributed by atoms with E-state index in [1.54, 1.807) is 12.1 Å². The van der Waals surface area contributed by atoms with E-state index < -0.39 is 0 Å². The molecule has 0 spiro atoms. The Morgan fingerprint density at radius 2 is 2.19 bits per heavy atom. The average molecular weight is 293 g/mol. The van der Waals surface area contributed by atoms with Crippen molar-refractivity contribution in [2.45, 2.75) is 38.6 Å². The number of anilines is 1. The van der Waals surface area contributed by atoms with Crippen LogP contribution in [0.25, 0.3) is 0 Å². The van der Waals surface area contributed by atoms with Gasteiger partial charge >= 0.3 is 0 Å². The normalized spacial score (nSPS) is 21.8. The molecule has 116 valence electrons. The van der Waals surface area contributed by atoms with Crippen LogP contribution in [0.15, 0.2) is 18.2 Å². The maximum absolute atomic E-state index is 11.3. The van der Waals surface area contributed by atoms with Crippen LogP contribution in [-0.4, -0.2) is 24.1 Å². The summed E-state index contributed by atoms with van der Waals surface area (Å²) in [6.45, 7) is 2.95. The molecular weight excluding hydrogens is 270 g/mol. The highest BCUT2D eigenvalue weighted by Gasteiger charge is 2.26. The number of ether oxygens (including phenoxy) is 1. The molecule has 2 atom stereocenters. The van der Waals surface area contributed by atoms with E-state index in [2.05, 4.69) is 5.32 Å². The van der Waals surface area contributed by atoms with Gasteiger partial charge < -0.3 is 15.8 Å². The van der Waals surface area contributed by atoms with E-state index in [1.165, 1.54) is 12.5 Å². The minimum atomic E-state index is -0.370. The van der Waals surface area contributed by atoms with Crippen LogP contribution in [0.1, 0.15) is 32.6 Å². The van der Waals surface area contributed by atoms with Crippen molar-refractivity contribution >= 4 is 11.4 Å². The first-order chi connectivity index (χ1) is 10.2. The first-order valence-corrected chi connectivity index (χ1v) is 7.53. The maximum Gasteiger partial charge on any atom is 0.296 e. The van der Waals surface area contributed by atoms with Crippen molar-refractivity contribution in [2.75, 3.05) is 18.5 Å². The minimum Gasteiger partial charge on any atom is -0.494 e. The molecule has 6 nitrogen and oxygen atoms in total. The number of hydrogen-bond acceptors (Lipinski definition) is 5. The van der Waals surface area contributed by atoms with Crippen molar-refractivity contribution in [3.05, 3.63) is 28.3 Å². The van der Waals surface area contributed by atoms with E-state index in [0.29, 0.717) is 30.5 Å². The van der Waals surface area contributed by atoms with Gasteiger partial charge in [-0.25, -0.2) is 0 Å². The number of nitro benzene ring substituents is 1. The van der Waals surface area contributed by atoms with Gasteiger partial charge in [0.2, 0.25) is 0 Å². The molecule has 2 rings (SSSR count). The molecule has 0 amide bonds. The molecule has 1 aliphatic carbocycles. The molecule has 0 saturated heterocycles. The quantitative estimate of drug-likeness (QED) is 0.621. The number of nitrogens with two attached hydrogens (primary N) is 1. The fraction of sp³-hybridized carbons (Fsp3) is 0.600. The van der Waals surface area contributed by atoms with Gasteiger partial charge in [-0.3, -0.25) is 10.1 Å². The van der Waals surface area contributed by atoms with Gasteiger partial charge in [0.25, 0.3) is 5.69 Å². The summed E-state index contributed by atoms with van der Waals surface area (Å²) in [5.41, 5.74) is 6.42. The lowest BCUT2D eigenvalue weighted by Gasteiger charge is -2.32. The molecule has 1 aromatic carbocycles. The number of benzene rings is 1. The van der Waals surface area contributed by atoms with E-state index in [4.69, 9.17) is 10.5 Å². The van der Waals surface area contributed by atoms with Gasteiger partial charge in [-0.2, -0.15) is 0 Å². The zero-order valence-corrected chi connectivity index (χ0v) is 12.4. The zero-order chi connectivity index (χ0) is 15.2. The summed E-state index contributed by atoms with van der Waals surface area (Å²) in [6, 6.07) is 5.18. The third-order valence-corrected chi connectivity index (χ3v) is 4.03. The number of nitrogens with one attached hydrogen (secondary N) is 1. The first-order valence-electron chi connectivity index (χ1n) is 7.53. The minimum absolute atomic E-state index is 0.0577. The van der Waals surface area contributed by atoms with Crippen molar-refractivity contribution in [1.29, 1.82) is 0 Å². The fourth-order valence-corrected chi connectivity index (χ4v) is 2.92. The first kappa shape index (κ1) is 15.6. The lowest BCUT2D eigenvalue weighted by molar-refractivity contribution is -0.384. The largest absolute Gasteiger partial charge is 0.494 e. The van der Waals surface area contributed by atoms with Gasteiger partial charge in [-0.15, -0.1) is 0 Å². The Hall–Kier alpha value is -1.82. The monoisotopic (exact) mass is 293 g/mol. The number of nitrogens with zero attached hydrogens (tertiary/aromatic N) is 1. The van der Waals surface area contributed by atoms with Crippen LogP contribution in [0, 0.1) is 16.0 Å². The summed E-state index contributed by atoms with van der Waals surface area (Å²) in [6.07, 6.45) is 4.41. The van der Waals surface area contributed by atoms with Crippen LogP contribution in [0.2, 0.25) is 0 Å². The third-order valence-electron chi connectivity index (χ3n) is 4.03. The summed E-state index contributed by atoms with van der Waals surface area (Å²) < 4.78 is 5.33. The highest BCUT2D eigenvalue weighted by atomic mass is 16.6. The van der Waals surface area contributed by atoms with Crippen LogP contribution in [-0.2, 0) is 0 Å². The highest BCUT2D eigenvalue weighted by Crippen LogP contribution is 2.33. The van der Waals surface area contributed by atoms with Gasteiger partial charge in [0, 0.05) is 6.04 Å². The van der Waals surface area contributed by atoms with Gasteiger partial charge in [0.05, 0.1) is 17.6 Å². The number of nitro groups is 1. The molecule has 1 fully saturated rings. The summed E-state index contributed by atoms with van der Waals surface area (Å²) in [7, 11) is 0. The van der Waals surface area contributed by atoms with Gasteiger partial charge in [0.1, 0.15) is 11.4 Å². The molecule has 1 aromatic rings. The van der Waals surface area contributed by atoms with E-state index >= 15 is 0 Å². The van der Waals surface area contributed by atoms with E-state index in [9.17, 15) is 10.1 Å². The Morgan fingerprint density at radius 1 is 1.43 bits per heavy atom. The molecule has 0 aromatic heterocycles. The SMILES string of the molecule is CCOc1ccc(NC2CCCCC2CN)c([N+](=O)[O-])c1. The Kier molecular flexibility index (Phi) is 5.38. The summed E-state index contributed by atoms with van der Waals surface area (Å²) in [5, 5.41) is 14.6. The van der Waals surface area contributed by atoms with Crippen LogP contribution >= 0.6 is 0 Å². The van der Waals surface area contributed by atoms with Crippen LogP contribution < -0.4 is 15.8 Å². The highest BCUT2D eigenvalue weighted by molar-refractivity contribution is 5.64. The van der Waals surface area contributed by atoms with Crippen molar-refractivity contribution < 1.29 is 9.66 Å². The molecule has 2 unspecified atom stereocenters. The van der Waals surface area contributed by atoms with Crippen molar-refractivity contribution in [2.24, 2.45) is 11.7 Å². The second kappa shape index (κ2) is 7.26. The fourth-order valence-electron chi connectivity index (χ4n) is 2.92. The molecule has 0 aliphatic heterocycles. The molecule has 0 heterocycles. The molecular formula is C15H23N3O3. The Bertz CT molecular complexity index is 493. The van der Waals surface area contributed by atoms with Gasteiger partial charge in [-0.05, 0) is 44.4 Å². The van der Waals surface area contributed by atoms with Crippen molar-refractivity contribution in [3.8, 4) is 5.75 Å². The summed E-state index contributed by atoms with van der Waals surface area (Å²) in [5.74, 6) is 0.902. The van der Waals surface area contributed by atoms with E-state index in [1.807, 2.05) is 6.92 Å². The Morgan fingerprint density at radius 3 is 2.86 bits per heavy atom. The van der Waals surface area contributed by atoms with Crippen LogP contribution in [0.3, 0.4) is 0 Å². The topological polar surface area (TPSA) is 90.4 Å². The second-order valence-electron chi connectivity index (χ2n) is 5.40. The standard InChI is InChI=1S/C15H23N3O3/c1-2-21-12-7-8-14(15(9-12)18(19)20)17-13-6-4-3-5-11(13)10-16/h7-9,11,13,17H,2-6,10,16H2,1H3. The van der Waals surface area contributed by atoms with E-state index in [-0.39, 0.29) is 16.7 Å². The maximum atomic E-state index is 11.3. The molecule has 1 saturated carbocycles. The predicted molar refractivity (Wildman–Crippen MR) is 82.7 cm³/mol. The third kappa shape index (κ3) is 3.85. The lowest BCUT2D eigenvalue weighted by atomic mass is 9.84. The Balaban J connectivity index is 2.19. The van der Waals surface area contributed by atoms with E-state index in [0.717, 1.165) is 19.3 Å². The summed E-state index contributed by atoms with van der Waals surface area (Å²) >= 11 is 0. The van der Waals surface area contributed by atoms with Gasteiger partial charge in [-0.1, -0.05) is 12.8 Å². The second-order valence-corrected chi connectivity index (χ2v) is 5.40. The van der Waals surface area contributed by atoms with Gasteiger partial charge in [0.15, 0.2) is 0 Å². The molecule has 21 heavy (non-hydrogen) atoms. The Labute approximate surface area is 124 Å². The molecule has 1 aliphatic rings. The predicted octanol–water partition coefficient (Wildman–Crippen LogP) is 2.92. The smallest absolute Gasteiger partial charge is 0.296 e. The molecule has 0 radical (unpaired) electrons. The van der Waals surface area contributed by atoms with Crippen molar-refractivity contribution in [1.82, 2.24) is 0 Å². The number of hydrogen-bond donors (Lipinski definition) is 2.